The van der Waals surface area contributed by atoms with E-state index in [2.05, 4.69) is 27.4 Å². The summed E-state index contributed by atoms with van der Waals surface area (Å²) in [5.74, 6) is 0.0700. The molecule has 2 rings (SSSR count). The smallest absolute Gasteiger partial charge is 0.238 e. The van der Waals surface area contributed by atoms with Crippen LogP contribution in [0.2, 0.25) is 0 Å². The predicted molar refractivity (Wildman–Crippen MR) is 110 cm³/mol. The van der Waals surface area contributed by atoms with E-state index in [4.69, 9.17) is 0 Å². The fourth-order valence-electron chi connectivity index (χ4n) is 3.22. The van der Waals surface area contributed by atoms with E-state index in [1.165, 1.54) is 11.1 Å². The fourth-order valence-corrected chi connectivity index (χ4v) is 3.22. The van der Waals surface area contributed by atoms with E-state index in [9.17, 15) is 9.59 Å². The number of amides is 2. The Bertz CT molecular complexity index is 667. The summed E-state index contributed by atoms with van der Waals surface area (Å²) in [4.78, 5) is 28.8. The molecule has 1 saturated heterocycles. The molecule has 0 bridgehead atoms. The quantitative estimate of drug-likeness (QED) is 0.829. The van der Waals surface area contributed by atoms with Gasteiger partial charge in [-0.05, 0) is 77.4 Å². The maximum atomic E-state index is 12.4. The van der Waals surface area contributed by atoms with Gasteiger partial charge in [-0.1, -0.05) is 6.07 Å². The highest BCUT2D eigenvalue weighted by Gasteiger charge is 2.20. The molecule has 1 aliphatic rings. The van der Waals surface area contributed by atoms with Crippen LogP contribution < -0.4 is 10.6 Å². The van der Waals surface area contributed by atoms with Gasteiger partial charge >= 0.3 is 0 Å². The average Bonchev–Trinajstić information content (AvgIpc) is 2.74. The first-order valence-electron chi connectivity index (χ1n) is 9.75. The van der Waals surface area contributed by atoms with Gasteiger partial charge in [0.25, 0.3) is 0 Å². The summed E-state index contributed by atoms with van der Waals surface area (Å²) >= 11 is 0. The lowest BCUT2D eigenvalue weighted by Gasteiger charge is -2.25. The number of carbonyl (C=O) groups is 2. The van der Waals surface area contributed by atoms with Crippen LogP contribution in [0.15, 0.2) is 18.2 Å². The Kier molecular flexibility index (Phi) is 7.39. The highest BCUT2D eigenvalue weighted by atomic mass is 16.2. The van der Waals surface area contributed by atoms with Crippen LogP contribution in [0.1, 0.15) is 38.3 Å². The molecule has 2 N–H and O–H groups in total. The number of aryl methyl sites for hydroxylation is 2. The molecule has 1 heterocycles. The molecule has 0 aromatic heterocycles. The van der Waals surface area contributed by atoms with Crippen molar-refractivity contribution in [1.29, 1.82) is 0 Å². The number of hydrogen-bond acceptors (Lipinski definition) is 4. The van der Waals surface area contributed by atoms with E-state index >= 15 is 0 Å². The summed E-state index contributed by atoms with van der Waals surface area (Å²) in [7, 11) is 0. The van der Waals surface area contributed by atoms with Crippen molar-refractivity contribution in [3.63, 3.8) is 0 Å². The Morgan fingerprint density at radius 3 is 2.07 bits per heavy atom. The molecule has 0 aliphatic carbocycles. The van der Waals surface area contributed by atoms with Gasteiger partial charge in [0.05, 0.1) is 13.1 Å². The van der Waals surface area contributed by atoms with E-state index < -0.39 is 0 Å². The number of nitrogens with one attached hydrogen (secondary N) is 2. The second-order valence-electron chi connectivity index (χ2n) is 8.55. The second-order valence-corrected chi connectivity index (χ2v) is 8.55. The third-order valence-corrected chi connectivity index (χ3v) is 4.72. The van der Waals surface area contributed by atoms with Crippen molar-refractivity contribution in [2.24, 2.45) is 0 Å². The highest BCUT2D eigenvalue weighted by Crippen LogP contribution is 2.14. The normalized spacial score (nSPS) is 16.6. The summed E-state index contributed by atoms with van der Waals surface area (Å²) in [6.07, 6.45) is 0.958. The number of rotatable bonds is 5. The molecule has 0 radical (unpaired) electrons. The van der Waals surface area contributed by atoms with E-state index in [0.717, 1.165) is 38.3 Å². The molecule has 1 fully saturated rings. The molecule has 0 spiro atoms. The number of carbonyl (C=O) groups excluding carboxylic acids is 2. The third kappa shape index (κ3) is 7.69. The van der Waals surface area contributed by atoms with Crippen LogP contribution >= 0.6 is 0 Å². The van der Waals surface area contributed by atoms with Gasteiger partial charge in [0.2, 0.25) is 11.8 Å². The molecule has 0 unspecified atom stereocenters. The lowest BCUT2D eigenvalue weighted by Crippen LogP contribution is -2.46. The van der Waals surface area contributed by atoms with Crippen molar-refractivity contribution in [3.05, 3.63) is 29.3 Å². The Hall–Kier alpha value is -1.92. The minimum absolute atomic E-state index is 0.0113. The van der Waals surface area contributed by atoms with Crippen molar-refractivity contribution in [3.8, 4) is 0 Å². The zero-order valence-electron chi connectivity index (χ0n) is 17.4. The van der Waals surface area contributed by atoms with Crippen molar-refractivity contribution < 1.29 is 9.59 Å². The van der Waals surface area contributed by atoms with Gasteiger partial charge < -0.3 is 10.6 Å². The largest absolute Gasteiger partial charge is 0.350 e. The summed E-state index contributed by atoms with van der Waals surface area (Å²) in [5, 5.41) is 6.00. The molecular formula is C21H34N4O2. The number of anilines is 1. The molecule has 6 nitrogen and oxygen atoms in total. The Morgan fingerprint density at radius 2 is 1.52 bits per heavy atom. The van der Waals surface area contributed by atoms with Gasteiger partial charge in [0.1, 0.15) is 0 Å². The number of hydrogen-bond donors (Lipinski definition) is 2. The second kappa shape index (κ2) is 9.33. The SMILES string of the molecule is Cc1ccc(NC(=O)CN2CCCN(CC(=O)NC(C)(C)C)CC2)cc1C. The maximum absolute atomic E-state index is 12.4. The third-order valence-electron chi connectivity index (χ3n) is 4.72. The first kappa shape index (κ1) is 21.4. The number of nitrogens with zero attached hydrogens (tertiary/aromatic N) is 2. The lowest BCUT2D eigenvalue weighted by atomic mass is 10.1. The molecule has 1 aromatic rings. The van der Waals surface area contributed by atoms with Crippen LogP contribution in [-0.4, -0.2) is 66.4 Å². The van der Waals surface area contributed by atoms with Crippen LogP contribution in [0.4, 0.5) is 5.69 Å². The standard InChI is InChI=1S/C21H34N4O2/c1-16-7-8-18(13-17(16)2)22-19(26)14-24-9-6-10-25(12-11-24)15-20(27)23-21(3,4)5/h7-8,13H,6,9-12,14-15H2,1-5H3,(H,22,26)(H,23,27). The highest BCUT2D eigenvalue weighted by molar-refractivity contribution is 5.92. The zero-order valence-corrected chi connectivity index (χ0v) is 17.4. The molecule has 6 heteroatoms. The molecule has 150 valence electrons. The van der Waals surface area contributed by atoms with E-state index in [1.54, 1.807) is 0 Å². The van der Waals surface area contributed by atoms with Gasteiger partial charge in [-0.15, -0.1) is 0 Å². The van der Waals surface area contributed by atoms with Crippen LogP contribution in [-0.2, 0) is 9.59 Å². The summed E-state index contributed by atoms with van der Waals surface area (Å²) < 4.78 is 0. The van der Waals surface area contributed by atoms with Gasteiger partial charge in [0, 0.05) is 24.3 Å². The van der Waals surface area contributed by atoms with Crippen LogP contribution in [0.3, 0.4) is 0 Å². The predicted octanol–water partition coefficient (Wildman–Crippen LogP) is 2.16. The van der Waals surface area contributed by atoms with E-state index in [-0.39, 0.29) is 17.4 Å². The summed E-state index contributed by atoms with van der Waals surface area (Å²) in [6, 6.07) is 5.97. The Labute approximate surface area is 163 Å². The summed E-state index contributed by atoms with van der Waals surface area (Å²) in [5.41, 5.74) is 3.03. The van der Waals surface area contributed by atoms with Crippen LogP contribution in [0.25, 0.3) is 0 Å². The Morgan fingerprint density at radius 1 is 0.926 bits per heavy atom. The minimum Gasteiger partial charge on any atom is -0.350 e. The van der Waals surface area contributed by atoms with Gasteiger partial charge in [-0.2, -0.15) is 0 Å². The van der Waals surface area contributed by atoms with Crippen LogP contribution in [0.5, 0.6) is 0 Å². The molecule has 27 heavy (non-hydrogen) atoms. The van der Waals surface area contributed by atoms with Gasteiger partial charge in [-0.25, -0.2) is 0 Å². The first-order valence-corrected chi connectivity index (χ1v) is 9.75. The van der Waals surface area contributed by atoms with E-state index in [1.807, 2.05) is 45.9 Å². The van der Waals surface area contributed by atoms with Crippen molar-refractivity contribution in [2.75, 3.05) is 44.6 Å². The molecular weight excluding hydrogens is 340 g/mol. The van der Waals surface area contributed by atoms with E-state index in [0.29, 0.717) is 13.1 Å². The van der Waals surface area contributed by atoms with Crippen molar-refractivity contribution in [2.45, 2.75) is 46.6 Å². The maximum Gasteiger partial charge on any atom is 0.238 e. The lowest BCUT2D eigenvalue weighted by molar-refractivity contribution is -0.123. The monoisotopic (exact) mass is 374 g/mol. The van der Waals surface area contributed by atoms with Gasteiger partial charge in [0.15, 0.2) is 0 Å². The Balaban J connectivity index is 1.79. The average molecular weight is 375 g/mol. The van der Waals surface area contributed by atoms with Crippen LogP contribution in [0, 0.1) is 13.8 Å². The minimum atomic E-state index is -0.207. The molecule has 0 atom stereocenters. The van der Waals surface area contributed by atoms with Gasteiger partial charge in [-0.3, -0.25) is 19.4 Å². The summed E-state index contributed by atoms with van der Waals surface area (Å²) in [6.45, 7) is 14.2. The first-order chi connectivity index (χ1) is 12.6. The molecule has 1 aliphatic heterocycles. The zero-order chi connectivity index (χ0) is 20.0. The van der Waals surface area contributed by atoms with Crippen molar-refractivity contribution in [1.82, 2.24) is 15.1 Å². The molecule has 2 amide bonds. The molecule has 0 saturated carbocycles. The molecule has 1 aromatic carbocycles. The number of benzene rings is 1. The fraction of sp³-hybridized carbons (Fsp3) is 0.619. The van der Waals surface area contributed by atoms with Crippen molar-refractivity contribution >= 4 is 17.5 Å². The topological polar surface area (TPSA) is 64.7 Å².